The first-order valence-electron chi connectivity index (χ1n) is 7.38. The maximum atomic E-state index is 12.3. The van der Waals surface area contributed by atoms with Gasteiger partial charge in [-0.05, 0) is 37.6 Å². The van der Waals surface area contributed by atoms with Crippen molar-refractivity contribution in [2.24, 2.45) is 10.9 Å². The van der Waals surface area contributed by atoms with Crippen LogP contribution >= 0.6 is 0 Å². The minimum Gasteiger partial charge on any atom is -0.490 e. The van der Waals surface area contributed by atoms with Gasteiger partial charge in [0.15, 0.2) is 5.92 Å². The van der Waals surface area contributed by atoms with Crippen LogP contribution in [0.1, 0.15) is 19.4 Å². The molecule has 0 fully saturated rings. The van der Waals surface area contributed by atoms with Gasteiger partial charge in [0, 0.05) is 5.71 Å². The third-order valence-corrected chi connectivity index (χ3v) is 3.30. The molecule has 0 saturated carbocycles. The third kappa shape index (κ3) is 3.94. The van der Waals surface area contributed by atoms with Crippen LogP contribution in [0.5, 0.6) is 5.75 Å². The van der Waals surface area contributed by atoms with Gasteiger partial charge in [0.25, 0.3) is 0 Å². The van der Waals surface area contributed by atoms with E-state index in [1.807, 2.05) is 12.1 Å². The largest absolute Gasteiger partial charge is 0.490 e. The number of Topliss-reactive ketones (excluding diaryl/α,β-unsaturated/α-hetero) is 1. The minimum absolute atomic E-state index is 0.237. The summed E-state index contributed by atoms with van der Waals surface area (Å²) >= 11 is 0. The van der Waals surface area contributed by atoms with E-state index in [4.69, 9.17) is 9.47 Å². The van der Waals surface area contributed by atoms with Crippen molar-refractivity contribution in [2.75, 3.05) is 13.2 Å². The number of hydrogen-bond acceptors (Lipinski definition) is 5. The number of hydrogen-bond donors (Lipinski definition) is 0. The fourth-order valence-electron chi connectivity index (χ4n) is 2.23. The molecule has 0 saturated heterocycles. The molecule has 1 atom stereocenters. The molecule has 1 heterocycles. The number of ether oxygens (including phenoxy) is 2. The number of ketones is 1. The monoisotopic (exact) mass is 313 g/mol. The van der Waals surface area contributed by atoms with E-state index >= 15 is 0 Å². The van der Waals surface area contributed by atoms with E-state index < -0.39 is 11.9 Å². The zero-order chi connectivity index (χ0) is 16.8. The zero-order valence-electron chi connectivity index (χ0n) is 13.2. The van der Waals surface area contributed by atoms with Crippen LogP contribution in [0.15, 0.2) is 47.6 Å². The van der Waals surface area contributed by atoms with Gasteiger partial charge in [-0.2, -0.15) is 0 Å². The van der Waals surface area contributed by atoms with Crippen LogP contribution in [0.4, 0.5) is 0 Å². The molecule has 0 aromatic heterocycles. The maximum absolute atomic E-state index is 12.3. The second-order valence-electron chi connectivity index (χ2n) is 5.00. The summed E-state index contributed by atoms with van der Waals surface area (Å²) < 4.78 is 10.3. The molecule has 1 aromatic rings. The molecular formula is C18H19NO4. The molecule has 0 amide bonds. The van der Waals surface area contributed by atoms with Gasteiger partial charge in [-0.15, -0.1) is 0 Å². The van der Waals surface area contributed by atoms with Crippen LogP contribution in [-0.2, 0) is 14.3 Å². The lowest BCUT2D eigenvalue weighted by molar-refractivity contribution is -0.147. The second kappa shape index (κ2) is 7.54. The molecule has 1 aliphatic rings. The number of carbonyl (C=O) groups is 2. The highest BCUT2D eigenvalue weighted by molar-refractivity contribution is 6.28. The lowest BCUT2D eigenvalue weighted by atomic mass is 10.0. The summed E-state index contributed by atoms with van der Waals surface area (Å²) in [6.45, 7) is 7.62. The average Bonchev–Trinajstić information content (AvgIpc) is 2.81. The molecule has 5 nitrogen and oxygen atoms in total. The molecule has 5 heteroatoms. The Labute approximate surface area is 135 Å². The molecule has 0 spiro atoms. The first-order valence-corrected chi connectivity index (χ1v) is 7.38. The molecule has 1 aromatic carbocycles. The lowest BCUT2D eigenvalue weighted by Crippen LogP contribution is -2.28. The number of rotatable bonds is 6. The van der Waals surface area contributed by atoms with Gasteiger partial charge in [-0.3, -0.25) is 14.6 Å². The molecule has 0 bridgehead atoms. The molecule has 120 valence electrons. The molecule has 1 unspecified atom stereocenters. The molecule has 1 aliphatic heterocycles. The predicted molar refractivity (Wildman–Crippen MR) is 88.4 cm³/mol. The van der Waals surface area contributed by atoms with Crippen molar-refractivity contribution in [3.05, 3.63) is 48.2 Å². The van der Waals surface area contributed by atoms with E-state index in [-0.39, 0.29) is 18.1 Å². The van der Waals surface area contributed by atoms with Gasteiger partial charge in [0.2, 0.25) is 5.78 Å². The van der Waals surface area contributed by atoms with Crippen molar-refractivity contribution in [1.82, 2.24) is 0 Å². The summed E-state index contributed by atoms with van der Waals surface area (Å²) in [5, 5.41) is 0. The van der Waals surface area contributed by atoms with Crippen molar-refractivity contribution < 1.29 is 19.1 Å². The van der Waals surface area contributed by atoms with Crippen LogP contribution in [0.3, 0.4) is 0 Å². The second-order valence-corrected chi connectivity index (χ2v) is 5.00. The molecule has 23 heavy (non-hydrogen) atoms. The Bertz CT molecular complexity index is 671. The number of aliphatic imine (C=N–C) groups is 1. The Kier molecular flexibility index (Phi) is 5.46. The molecular weight excluding hydrogens is 294 g/mol. The van der Waals surface area contributed by atoms with E-state index in [0.717, 1.165) is 5.56 Å². The van der Waals surface area contributed by atoms with E-state index in [0.29, 0.717) is 18.1 Å². The predicted octanol–water partition coefficient (Wildman–Crippen LogP) is 2.82. The summed E-state index contributed by atoms with van der Waals surface area (Å²) in [6.07, 6.45) is 3.32. The normalized spacial score (nSPS) is 18.7. The number of carbonyl (C=O) groups excluding carboxylic acids is 2. The highest BCUT2D eigenvalue weighted by Crippen LogP contribution is 2.24. The Morgan fingerprint density at radius 3 is 2.65 bits per heavy atom. The highest BCUT2D eigenvalue weighted by atomic mass is 16.5. The van der Waals surface area contributed by atoms with Gasteiger partial charge < -0.3 is 9.47 Å². The summed E-state index contributed by atoms with van der Waals surface area (Å²) in [4.78, 5) is 28.4. The highest BCUT2D eigenvalue weighted by Gasteiger charge is 2.37. The first-order chi connectivity index (χ1) is 11.1. The van der Waals surface area contributed by atoms with E-state index in [9.17, 15) is 9.59 Å². The smallest absolute Gasteiger partial charge is 0.322 e. The molecule has 2 rings (SSSR count). The van der Waals surface area contributed by atoms with Gasteiger partial charge >= 0.3 is 5.97 Å². The van der Waals surface area contributed by atoms with E-state index in [2.05, 4.69) is 11.6 Å². The first kappa shape index (κ1) is 16.7. The van der Waals surface area contributed by atoms with Crippen molar-refractivity contribution in [3.8, 4) is 5.75 Å². The fraction of sp³-hybridized carbons (Fsp3) is 0.278. The standard InChI is InChI=1S/C18H19NO4/c1-4-10-23-14-8-6-13(7-9-14)11-15-17(20)16(12(3)19-15)18(21)22-5-2/h4,6-9,11,16H,1,5,10H2,2-3H3/b15-11+. The van der Waals surface area contributed by atoms with E-state index in [1.54, 1.807) is 38.1 Å². The van der Waals surface area contributed by atoms with Crippen molar-refractivity contribution in [2.45, 2.75) is 13.8 Å². The number of esters is 1. The van der Waals surface area contributed by atoms with E-state index in [1.165, 1.54) is 0 Å². The summed E-state index contributed by atoms with van der Waals surface area (Å²) in [5.74, 6) is -1.08. The molecule has 0 radical (unpaired) electrons. The van der Waals surface area contributed by atoms with Gasteiger partial charge in [0.05, 0.1) is 6.61 Å². The lowest BCUT2D eigenvalue weighted by Gasteiger charge is -2.07. The van der Waals surface area contributed by atoms with Crippen molar-refractivity contribution >= 4 is 23.5 Å². The topological polar surface area (TPSA) is 65.0 Å². The van der Waals surface area contributed by atoms with Gasteiger partial charge in [-0.25, -0.2) is 0 Å². The quantitative estimate of drug-likeness (QED) is 0.350. The summed E-state index contributed by atoms with van der Waals surface area (Å²) in [5.41, 5.74) is 1.53. The minimum atomic E-state index is -0.920. The third-order valence-electron chi connectivity index (χ3n) is 3.30. The van der Waals surface area contributed by atoms with Crippen LogP contribution in [0.25, 0.3) is 6.08 Å². The zero-order valence-corrected chi connectivity index (χ0v) is 13.2. The summed E-state index contributed by atoms with van der Waals surface area (Å²) in [7, 11) is 0. The Morgan fingerprint density at radius 2 is 2.04 bits per heavy atom. The fourth-order valence-corrected chi connectivity index (χ4v) is 2.23. The summed E-state index contributed by atoms with van der Waals surface area (Å²) in [6, 6.07) is 7.24. The Balaban J connectivity index is 2.15. The maximum Gasteiger partial charge on any atom is 0.322 e. The van der Waals surface area contributed by atoms with Gasteiger partial charge in [0.1, 0.15) is 18.1 Å². The van der Waals surface area contributed by atoms with Crippen molar-refractivity contribution in [1.29, 1.82) is 0 Å². The van der Waals surface area contributed by atoms with Crippen LogP contribution < -0.4 is 4.74 Å². The van der Waals surface area contributed by atoms with Crippen LogP contribution in [0, 0.1) is 5.92 Å². The van der Waals surface area contributed by atoms with Crippen LogP contribution in [0.2, 0.25) is 0 Å². The Hall–Kier alpha value is -2.69. The average molecular weight is 313 g/mol. The molecule has 0 aliphatic carbocycles. The Morgan fingerprint density at radius 1 is 1.35 bits per heavy atom. The van der Waals surface area contributed by atoms with Crippen LogP contribution in [-0.4, -0.2) is 30.7 Å². The molecule has 0 N–H and O–H groups in total. The number of nitrogens with zero attached hydrogens (tertiary/aromatic N) is 1. The van der Waals surface area contributed by atoms with Crippen molar-refractivity contribution in [3.63, 3.8) is 0 Å². The van der Waals surface area contributed by atoms with Gasteiger partial charge in [-0.1, -0.05) is 24.8 Å². The number of benzene rings is 1. The SMILES string of the molecule is C=CCOc1ccc(/C=C2/N=C(C)C(C(=O)OCC)C2=O)cc1. The number of allylic oxidation sites excluding steroid dienone is 1.